The smallest absolute Gasteiger partial charge is 0.276 e. The van der Waals surface area contributed by atoms with Gasteiger partial charge in [-0.1, -0.05) is 47.7 Å². The summed E-state index contributed by atoms with van der Waals surface area (Å²) in [6.07, 6.45) is 1.42. The number of carbonyl (C=O) groups excluding carboxylic acids is 1. The predicted octanol–water partition coefficient (Wildman–Crippen LogP) is 2.78. The SMILES string of the molecule is CN(Cc1cc(-c2ccccc2)n[nH]1)C(=O)c1cn(C[C@H]2COc3ccccc3O2)nn1. The number of nitrogens with zero attached hydrogens (tertiary/aromatic N) is 5. The summed E-state index contributed by atoms with van der Waals surface area (Å²) in [5, 5.41) is 15.5. The van der Waals surface area contributed by atoms with Gasteiger partial charge in [0.2, 0.25) is 0 Å². The average Bonchev–Trinajstić information content (AvgIpc) is 3.49. The molecule has 2 aromatic heterocycles. The number of hydrogen-bond donors (Lipinski definition) is 1. The Balaban J connectivity index is 1.20. The second kappa shape index (κ2) is 8.54. The Morgan fingerprint density at radius 3 is 2.78 bits per heavy atom. The van der Waals surface area contributed by atoms with E-state index in [0.717, 1.165) is 22.7 Å². The fourth-order valence-electron chi connectivity index (χ4n) is 3.57. The summed E-state index contributed by atoms with van der Waals surface area (Å²) in [4.78, 5) is 14.4. The number of fused-ring (bicyclic) bond motifs is 1. The lowest BCUT2D eigenvalue weighted by molar-refractivity contribution is 0.0752. The molecule has 0 bridgehead atoms. The lowest BCUT2D eigenvalue weighted by Gasteiger charge is -2.26. The highest BCUT2D eigenvalue weighted by Crippen LogP contribution is 2.31. The maximum absolute atomic E-state index is 12.8. The number of aromatic amines is 1. The Kier molecular flexibility index (Phi) is 5.29. The Bertz CT molecular complexity index is 1220. The van der Waals surface area contributed by atoms with Crippen molar-refractivity contribution in [3.05, 3.63) is 78.2 Å². The highest BCUT2D eigenvalue weighted by Gasteiger charge is 2.23. The van der Waals surface area contributed by atoms with Gasteiger partial charge in [0, 0.05) is 12.6 Å². The second-order valence-corrected chi connectivity index (χ2v) is 7.63. The van der Waals surface area contributed by atoms with Crippen molar-refractivity contribution < 1.29 is 14.3 Å². The quantitative estimate of drug-likeness (QED) is 0.505. The first kappa shape index (κ1) is 19.8. The number of amides is 1. The molecular formula is C23H22N6O3. The Morgan fingerprint density at radius 1 is 1.16 bits per heavy atom. The molecule has 0 spiro atoms. The van der Waals surface area contributed by atoms with Gasteiger partial charge in [0.25, 0.3) is 5.91 Å². The summed E-state index contributed by atoms with van der Waals surface area (Å²) >= 11 is 0. The first-order chi connectivity index (χ1) is 15.7. The maximum atomic E-state index is 12.8. The molecule has 0 saturated heterocycles. The van der Waals surface area contributed by atoms with Crippen LogP contribution in [-0.2, 0) is 13.1 Å². The number of carbonyl (C=O) groups is 1. The molecule has 4 aromatic rings. The highest BCUT2D eigenvalue weighted by atomic mass is 16.6. The zero-order valence-corrected chi connectivity index (χ0v) is 17.5. The number of hydrogen-bond acceptors (Lipinski definition) is 6. The predicted molar refractivity (Wildman–Crippen MR) is 116 cm³/mol. The van der Waals surface area contributed by atoms with E-state index in [1.165, 1.54) is 0 Å². The molecule has 9 nitrogen and oxygen atoms in total. The van der Waals surface area contributed by atoms with Crippen molar-refractivity contribution in [1.82, 2.24) is 30.1 Å². The minimum atomic E-state index is -0.224. The summed E-state index contributed by atoms with van der Waals surface area (Å²) in [7, 11) is 1.72. The van der Waals surface area contributed by atoms with E-state index >= 15 is 0 Å². The normalized spacial score (nSPS) is 14.8. The fraction of sp³-hybridized carbons (Fsp3) is 0.217. The molecule has 9 heteroatoms. The third-order valence-corrected chi connectivity index (χ3v) is 5.17. The largest absolute Gasteiger partial charge is 0.486 e. The standard InChI is InChI=1S/C23H22N6O3/c1-28(12-17-11-19(25-24-17)16-7-3-2-4-8-16)23(30)20-14-29(27-26-20)13-18-15-31-21-9-5-6-10-22(21)32-18/h2-11,14,18H,12-13,15H2,1H3,(H,24,25)/t18-/m0/s1. The van der Waals surface area contributed by atoms with E-state index in [2.05, 4.69) is 20.5 Å². The fourth-order valence-corrected chi connectivity index (χ4v) is 3.57. The van der Waals surface area contributed by atoms with Crippen LogP contribution in [0, 0.1) is 0 Å². The van der Waals surface area contributed by atoms with Crippen LogP contribution in [0.5, 0.6) is 11.5 Å². The molecule has 0 unspecified atom stereocenters. The third-order valence-electron chi connectivity index (χ3n) is 5.17. The van der Waals surface area contributed by atoms with Crippen molar-refractivity contribution in [3.63, 3.8) is 0 Å². The van der Waals surface area contributed by atoms with Crippen molar-refractivity contribution >= 4 is 5.91 Å². The van der Waals surface area contributed by atoms with Crippen molar-refractivity contribution in [2.75, 3.05) is 13.7 Å². The van der Waals surface area contributed by atoms with Gasteiger partial charge in [0.1, 0.15) is 6.61 Å². The van der Waals surface area contributed by atoms with E-state index in [1.807, 2.05) is 60.7 Å². The van der Waals surface area contributed by atoms with Crippen molar-refractivity contribution in [1.29, 1.82) is 0 Å². The maximum Gasteiger partial charge on any atom is 0.276 e. The van der Waals surface area contributed by atoms with Crippen molar-refractivity contribution in [3.8, 4) is 22.8 Å². The number of nitrogens with one attached hydrogen (secondary N) is 1. The van der Waals surface area contributed by atoms with Crippen molar-refractivity contribution in [2.45, 2.75) is 19.2 Å². The molecule has 1 aliphatic rings. The van der Waals surface area contributed by atoms with Crippen LogP contribution in [0.15, 0.2) is 66.9 Å². The third kappa shape index (κ3) is 4.18. The van der Waals surface area contributed by atoms with Crippen LogP contribution in [0.1, 0.15) is 16.2 Å². The molecule has 1 atom stereocenters. The van der Waals surface area contributed by atoms with Crippen LogP contribution in [0.4, 0.5) is 0 Å². The van der Waals surface area contributed by atoms with Crippen LogP contribution in [0.25, 0.3) is 11.3 Å². The van der Waals surface area contributed by atoms with Gasteiger partial charge in [-0.05, 0) is 18.2 Å². The van der Waals surface area contributed by atoms with Gasteiger partial charge in [0.15, 0.2) is 23.3 Å². The molecule has 0 saturated carbocycles. The Morgan fingerprint density at radius 2 is 1.94 bits per heavy atom. The van der Waals surface area contributed by atoms with Gasteiger partial charge >= 0.3 is 0 Å². The molecule has 1 amide bonds. The van der Waals surface area contributed by atoms with E-state index in [9.17, 15) is 4.79 Å². The lowest BCUT2D eigenvalue weighted by atomic mass is 10.1. The molecule has 2 aromatic carbocycles. The molecule has 0 fully saturated rings. The van der Waals surface area contributed by atoms with E-state index < -0.39 is 0 Å². The topological polar surface area (TPSA) is 98.2 Å². The minimum Gasteiger partial charge on any atom is -0.486 e. The molecule has 5 rings (SSSR count). The number of aromatic nitrogens is 5. The second-order valence-electron chi connectivity index (χ2n) is 7.63. The molecule has 3 heterocycles. The van der Waals surface area contributed by atoms with Crippen LogP contribution >= 0.6 is 0 Å². The summed E-state index contributed by atoms with van der Waals surface area (Å²) in [5.74, 6) is 1.21. The van der Waals surface area contributed by atoms with Gasteiger partial charge in [-0.2, -0.15) is 5.10 Å². The van der Waals surface area contributed by atoms with Gasteiger partial charge in [-0.25, -0.2) is 4.68 Å². The summed E-state index contributed by atoms with van der Waals surface area (Å²) in [6.45, 7) is 1.21. The Hall–Kier alpha value is -4.14. The minimum absolute atomic E-state index is 0.214. The van der Waals surface area contributed by atoms with E-state index in [1.54, 1.807) is 22.8 Å². The zero-order valence-electron chi connectivity index (χ0n) is 17.5. The molecule has 0 aliphatic carbocycles. The van der Waals surface area contributed by atoms with Crippen molar-refractivity contribution in [2.24, 2.45) is 0 Å². The van der Waals surface area contributed by atoms with E-state index in [0.29, 0.717) is 25.4 Å². The summed E-state index contributed by atoms with van der Waals surface area (Å²) in [6, 6.07) is 19.4. The first-order valence-corrected chi connectivity index (χ1v) is 10.3. The average molecular weight is 430 g/mol. The first-order valence-electron chi connectivity index (χ1n) is 10.3. The van der Waals surface area contributed by atoms with E-state index in [-0.39, 0.29) is 17.7 Å². The number of ether oxygens (including phenoxy) is 2. The van der Waals surface area contributed by atoms with Gasteiger partial charge in [0.05, 0.1) is 30.7 Å². The monoisotopic (exact) mass is 430 g/mol. The van der Waals surface area contributed by atoms with Gasteiger partial charge in [-0.3, -0.25) is 9.89 Å². The number of benzene rings is 2. The van der Waals surface area contributed by atoms with Crippen LogP contribution in [-0.4, -0.2) is 55.8 Å². The van der Waals surface area contributed by atoms with E-state index in [4.69, 9.17) is 9.47 Å². The van der Waals surface area contributed by atoms with Crippen LogP contribution in [0.3, 0.4) is 0 Å². The van der Waals surface area contributed by atoms with Gasteiger partial charge in [-0.15, -0.1) is 5.10 Å². The molecular weight excluding hydrogens is 408 g/mol. The Labute approximate surface area is 184 Å². The molecule has 32 heavy (non-hydrogen) atoms. The molecule has 1 aliphatic heterocycles. The van der Waals surface area contributed by atoms with Crippen LogP contribution in [0.2, 0.25) is 0 Å². The molecule has 162 valence electrons. The van der Waals surface area contributed by atoms with Crippen LogP contribution < -0.4 is 9.47 Å². The van der Waals surface area contributed by atoms with Gasteiger partial charge < -0.3 is 14.4 Å². The number of para-hydroxylation sites is 2. The highest BCUT2D eigenvalue weighted by molar-refractivity contribution is 5.91. The lowest BCUT2D eigenvalue weighted by Crippen LogP contribution is -2.33. The summed E-state index contributed by atoms with van der Waals surface area (Å²) in [5.41, 5.74) is 2.96. The zero-order chi connectivity index (χ0) is 21.9. The summed E-state index contributed by atoms with van der Waals surface area (Å²) < 4.78 is 13.3. The molecule has 1 N–H and O–H groups in total. The number of rotatable bonds is 6. The number of H-pyrrole nitrogens is 1. The molecule has 0 radical (unpaired) electrons.